The zero-order chi connectivity index (χ0) is 12.8. The minimum absolute atomic E-state index is 0.189. The van der Waals surface area contributed by atoms with Crippen molar-refractivity contribution in [2.45, 2.75) is 24.9 Å². The fraction of sp³-hybridized carbons (Fsp3) is 0.571. The largest absolute Gasteiger partial charge is 0.389 e. The van der Waals surface area contributed by atoms with Crippen molar-refractivity contribution in [2.24, 2.45) is 5.92 Å². The van der Waals surface area contributed by atoms with Crippen LogP contribution in [0.1, 0.15) is 18.4 Å². The first kappa shape index (κ1) is 12.1. The Hall–Kier alpha value is -1.00. The van der Waals surface area contributed by atoms with Crippen LogP contribution in [0.3, 0.4) is 0 Å². The van der Waals surface area contributed by atoms with Gasteiger partial charge in [-0.15, -0.1) is 0 Å². The van der Waals surface area contributed by atoms with Gasteiger partial charge in [-0.1, -0.05) is 12.1 Å². The highest BCUT2D eigenvalue weighted by atomic mass is 19.2. The molecular weight excluding hydrogens is 236 g/mol. The summed E-state index contributed by atoms with van der Waals surface area (Å²) in [4.78, 5) is 2.32. The molecule has 1 aromatic rings. The summed E-state index contributed by atoms with van der Waals surface area (Å²) in [5, 5.41) is 10.7. The Morgan fingerprint density at radius 1 is 1.33 bits per heavy atom. The van der Waals surface area contributed by atoms with Crippen molar-refractivity contribution < 1.29 is 13.9 Å². The lowest BCUT2D eigenvalue weighted by Gasteiger charge is -2.39. The molecule has 0 aliphatic carbocycles. The number of rotatable bonds is 2. The number of halogens is 2. The molecule has 2 bridgehead atoms. The van der Waals surface area contributed by atoms with Crippen molar-refractivity contribution in [3.05, 3.63) is 35.4 Å². The van der Waals surface area contributed by atoms with Crippen molar-refractivity contribution >= 4 is 0 Å². The van der Waals surface area contributed by atoms with Gasteiger partial charge >= 0.3 is 0 Å². The van der Waals surface area contributed by atoms with Crippen LogP contribution in [0.25, 0.3) is 0 Å². The van der Waals surface area contributed by atoms with Crippen LogP contribution in [-0.2, 0) is 6.42 Å². The Labute approximate surface area is 105 Å². The number of nitrogens with zero attached hydrogens (tertiary/aromatic N) is 1. The average molecular weight is 253 g/mol. The van der Waals surface area contributed by atoms with Crippen LogP contribution >= 0.6 is 0 Å². The van der Waals surface area contributed by atoms with E-state index in [9.17, 15) is 13.9 Å². The molecule has 0 radical (unpaired) electrons. The molecule has 2 nitrogen and oxygen atoms in total. The van der Waals surface area contributed by atoms with Gasteiger partial charge < -0.3 is 10.0 Å². The number of piperidine rings is 1. The molecule has 2 aliphatic heterocycles. The van der Waals surface area contributed by atoms with Crippen molar-refractivity contribution in [3.63, 3.8) is 0 Å². The highest BCUT2D eigenvalue weighted by Crippen LogP contribution is 2.38. The molecule has 2 aliphatic rings. The van der Waals surface area contributed by atoms with E-state index < -0.39 is 17.2 Å². The second-order valence-electron chi connectivity index (χ2n) is 5.53. The predicted molar refractivity (Wildman–Crippen MR) is 64.2 cm³/mol. The predicted octanol–water partition coefficient (Wildman–Crippen LogP) is 1.96. The summed E-state index contributed by atoms with van der Waals surface area (Å²) >= 11 is 0. The Kier molecular flexibility index (Phi) is 2.87. The fourth-order valence-electron chi connectivity index (χ4n) is 3.28. The summed E-state index contributed by atoms with van der Waals surface area (Å²) in [5.74, 6) is -1.46. The second kappa shape index (κ2) is 4.28. The van der Waals surface area contributed by atoms with E-state index in [1.165, 1.54) is 6.07 Å². The SMILES string of the molecule is OC1(Cc2cccc(F)c2F)CCN2CCC1C2. The van der Waals surface area contributed by atoms with Gasteiger partial charge in [-0.2, -0.15) is 0 Å². The Bertz CT molecular complexity index is 465. The Morgan fingerprint density at radius 2 is 2.17 bits per heavy atom. The molecule has 3 atom stereocenters. The molecule has 1 aromatic carbocycles. The van der Waals surface area contributed by atoms with Gasteiger partial charge in [0.2, 0.25) is 0 Å². The highest BCUT2D eigenvalue weighted by molar-refractivity contribution is 5.22. The third-order valence-electron chi connectivity index (χ3n) is 4.42. The normalized spacial score (nSPS) is 34.8. The van der Waals surface area contributed by atoms with Gasteiger partial charge in [0.15, 0.2) is 11.6 Å². The van der Waals surface area contributed by atoms with Crippen molar-refractivity contribution in [1.82, 2.24) is 4.90 Å². The maximum Gasteiger partial charge on any atom is 0.162 e. The molecule has 1 N–H and O–H groups in total. The summed E-state index contributed by atoms with van der Waals surface area (Å²) in [7, 11) is 0. The highest BCUT2D eigenvalue weighted by Gasteiger charge is 2.45. The summed E-state index contributed by atoms with van der Waals surface area (Å²) < 4.78 is 26.9. The van der Waals surface area contributed by atoms with Crippen LogP contribution in [-0.4, -0.2) is 35.2 Å². The summed E-state index contributed by atoms with van der Waals surface area (Å²) in [5.41, 5.74) is -0.584. The first-order chi connectivity index (χ1) is 8.58. The average Bonchev–Trinajstić information content (AvgIpc) is 2.77. The number of hydrogen-bond acceptors (Lipinski definition) is 2. The van der Waals surface area contributed by atoms with Crippen LogP contribution in [0.2, 0.25) is 0 Å². The van der Waals surface area contributed by atoms with E-state index in [1.807, 2.05) is 0 Å². The molecule has 2 saturated heterocycles. The smallest absolute Gasteiger partial charge is 0.162 e. The van der Waals surface area contributed by atoms with Gasteiger partial charge in [0.25, 0.3) is 0 Å². The first-order valence-electron chi connectivity index (χ1n) is 6.46. The van der Waals surface area contributed by atoms with Crippen LogP contribution in [0.5, 0.6) is 0 Å². The van der Waals surface area contributed by atoms with Crippen LogP contribution in [0.15, 0.2) is 18.2 Å². The number of fused-ring (bicyclic) bond motifs is 2. The van der Waals surface area contributed by atoms with E-state index in [4.69, 9.17) is 0 Å². The fourth-order valence-corrected chi connectivity index (χ4v) is 3.28. The Balaban J connectivity index is 1.85. The lowest BCUT2D eigenvalue weighted by atomic mass is 9.78. The van der Waals surface area contributed by atoms with Gasteiger partial charge in [0, 0.05) is 25.4 Å². The van der Waals surface area contributed by atoms with E-state index in [0.717, 1.165) is 32.1 Å². The molecule has 3 rings (SSSR count). The van der Waals surface area contributed by atoms with Crippen molar-refractivity contribution in [1.29, 1.82) is 0 Å². The minimum Gasteiger partial charge on any atom is -0.389 e. The maximum atomic E-state index is 13.7. The third-order valence-corrected chi connectivity index (χ3v) is 4.42. The zero-order valence-electron chi connectivity index (χ0n) is 10.2. The first-order valence-corrected chi connectivity index (χ1v) is 6.46. The monoisotopic (exact) mass is 253 g/mol. The lowest BCUT2D eigenvalue weighted by molar-refractivity contribution is -0.0445. The van der Waals surface area contributed by atoms with Crippen molar-refractivity contribution in [3.8, 4) is 0 Å². The molecule has 4 heteroatoms. The van der Waals surface area contributed by atoms with Gasteiger partial charge in [-0.25, -0.2) is 8.78 Å². The second-order valence-corrected chi connectivity index (χ2v) is 5.53. The molecule has 0 spiro atoms. The molecule has 0 amide bonds. The third kappa shape index (κ3) is 1.93. The van der Waals surface area contributed by atoms with E-state index in [1.54, 1.807) is 6.07 Å². The standard InChI is InChI=1S/C14H17F2NO/c15-12-3-1-2-10(13(12)16)8-14(18)5-7-17-6-4-11(14)9-17/h1-3,11,18H,4-9H2. The van der Waals surface area contributed by atoms with Crippen LogP contribution < -0.4 is 0 Å². The van der Waals surface area contributed by atoms with Crippen molar-refractivity contribution in [2.75, 3.05) is 19.6 Å². The molecule has 2 fully saturated rings. The van der Waals surface area contributed by atoms with Crippen LogP contribution in [0, 0.1) is 17.6 Å². The molecule has 0 aromatic heterocycles. The van der Waals surface area contributed by atoms with Crippen LogP contribution in [0.4, 0.5) is 8.78 Å². The van der Waals surface area contributed by atoms with Gasteiger partial charge in [-0.3, -0.25) is 0 Å². The lowest BCUT2D eigenvalue weighted by Crippen LogP contribution is -2.48. The van der Waals surface area contributed by atoms with E-state index in [0.29, 0.717) is 6.42 Å². The van der Waals surface area contributed by atoms with Gasteiger partial charge in [0.1, 0.15) is 0 Å². The summed E-state index contributed by atoms with van der Waals surface area (Å²) in [6.45, 7) is 2.75. The molecule has 98 valence electrons. The zero-order valence-corrected chi connectivity index (χ0v) is 10.2. The molecule has 2 heterocycles. The van der Waals surface area contributed by atoms with Gasteiger partial charge in [0.05, 0.1) is 5.60 Å². The van der Waals surface area contributed by atoms with E-state index in [-0.39, 0.29) is 17.9 Å². The maximum absolute atomic E-state index is 13.7. The molecular formula is C14H17F2NO. The number of benzene rings is 1. The quantitative estimate of drug-likeness (QED) is 0.871. The number of hydrogen-bond donors (Lipinski definition) is 1. The molecule has 3 unspecified atom stereocenters. The summed E-state index contributed by atoms with van der Waals surface area (Å²) in [6, 6.07) is 4.18. The summed E-state index contributed by atoms with van der Waals surface area (Å²) in [6.07, 6.45) is 1.82. The van der Waals surface area contributed by atoms with E-state index in [2.05, 4.69) is 4.90 Å². The van der Waals surface area contributed by atoms with Gasteiger partial charge in [-0.05, 0) is 31.0 Å². The van der Waals surface area contributed by atoms with E-state index >= 15 is 0 Å². The Morgan fingerprint density at radius 3 is 3.00 bits per heavy atom. The topological polar surface area (TPSA) is 23.5 Å². The molecule has 18 heavy (non-hydrogen) atoms. The minimum atomic E-state index is -0.873. The molecule has 0 saturated carbocycles. The number of aliphatic hydroxyl groups is 1.